The maximum atomic E-state index is 13.2. The van der Waals surface area contributed by atoms with Crippen molar-refractivity contribution in [2.45, 2.75) is 11.4 Å². The molecule has 1 amide bonds. The van der Waals surface area contributed by atoms with Gasteiger partial charge in [0, 0.05) is 42.5 Å². The predicted octanol–water partition coefficient (Wildman–Crippen LogP) is 1.05. The third-order valence-corrected chi connectivity index (χ3v) is 7.28. The number of anilines is 1. The minimum absolute atomic E-state index is 0.185. The molecule has 2 saturated heterocycles. The van der Waals surface area contributed by atoms with Crippen LogP contribution in [0.2, 0.25) is 0 Å². The number of hydrazone groups is 1. The van der Waals surface area contributed by atoms with E-state index in [2.05, 4.69) is 20.3 Å². The number of benzene rings is 1. The fraction of sp³-hybridized carbons (Fsp3) is 0.476. The van der Waals surface area contributed by atoms with Crippen molar-refractivity contribution in [1.29, 1.82) is 0 Å². The van der Waals surface area contributed by atoms with Gasteiger partial charge in [-0.15, -0.1) is 11.3 Å². The van der Waals surface area contributed by atoms with E-state index in [-0.39, 0.29) is 10.6 Å². The molecule has 1 N–H and O–H groups in total. The van der Waals surface area contributed by atoms with Gasteiger partial charge in [-0.25, -0.2) is 13.4 Å². The Morgan fingerprint density at radius 3 is 2.36 bits per heavy atom. The van der Waals surface area contributed by atoms with Crippen molar-refractivity contribution in [2.75, 3.05) is 64.2 Å². The van der Waals surface area contributed by atoms with E-state index in [0.717, 1.165) is 44.0 Å². The average molecular weight is 494 g/mol. The Labute approximate surface area is 197 Å². The van der Waals surface area contributed by atoms with Gasteiger partial charge in [0.25, 0.3) is 5.91 Å². The van der Waals surface area contributed by atoms with E-state index in [4.69, 9.17) is 9.47 Å². The normalized spacial score (nSPS) is 18.3. The molecule has 0 saturated carbocycles. The fourth-order valence-corrected chi connectivity index (χ4v) is 4.94. The summed E-state index contributed by atoms with van der Waals surface area (Å²) in [5.41, 5.74) is 0.721. The second-order valence-corrected chi connectivity index (χ2v) is 10.9. The van der Waals surface area contributed by atoms with E-state index in [9.17, 15) is 13.2 Å². The molecule has 4 rings (SSSR count). The molecule has 33 heavy (non-hydrogen) atoms. The number of thiazole rings is 1. The number of morpholine rings is 2. The van der Waals surface area contributed by atoms with Gasteiger partial charge >= 0.3 is 0 Å². The van der Waals surface area contributed by atoms with Crippen molar-refractivity contribution < 1.29 is 22.7 Å². The number of hydrogen-bond acceptors (Lipinski definition) is 10. The minimum Gasteiger partial charge on any atom is -0.379 e. The second-order valence-electron chi connectivity index (χ2n) is 7.79. The van der Waals surface area contributed by atoms with Crippen molar-refractivity contribution in [2.24, 2.45) is 5.10 Å². The van der Waals surface area contributed by atoms with Crippen LogP contribution in [0.4, 0.5) is 5.13 Å². The Hall–Kier alpha value is -2.38. The van der Waals surface area contributed by atoms with Gasteiger partial charge in [0.15, 0.2) is 20.7 Å². The number of carbonyl (C=O) groups is 1. The molecule has 2 aromatic rings. The van der Waals surface area contributed by atoms with Gasteiger partial charge < -0.3 is 9.47 Å². The van der Waals surface area contributed by atoms with Crippen LogP contribution >= 0.6 is 11.3 Å². The van der Waals surface area contributed by atoms with E-state index in [1.54, 1.807) is 23.3 Å². The first kappa shape index (κ1) is 23.8. The zero-order valence-corrected chi connectivity index (χ0v) is 20.0. The van der Waals surface area contributed by atoms with Gasteiger partial charge in [-0.05, 0) is 12.1 Å². The van der Waals surface area contributed by atoms with Gasteiger partial charge in [0.05, 0.1) is 44.4 Å². The van der Waals surface area contributed by atoms with Crippen LogP contribution in [0, 0.1) is 0 Å². The lowest BCUT2D eigenvalue weighted by Gasteiger charge is -2.25. The second kappa shape index (κ2) is 10.7. The summed E-state index contributed by atoms with van der Waals surface area (Å²) in [4.78, 5) is 21.1. The first-order valence-corrected chi connectivity index (χ1v) is 13.4. The number of amides is 1. The molecular formula is C21H27N5O5S2. The molecule has 2 fully saturated rings. The number of carbonyl (C=O) groups excluding carboxylic acids is 1. The molecule has 1 aromatic heterocycles. The van der Waals surface area contributed by atoms with Gasteiger partial charge in [0.1, 0.15) is 0 Å². The van der Waals surface area contributed by atoms with Crippen LogP contribution in [0.15, 0.2) is 40.5 Å². The molecule has 0 atom stereocenters. The summed E-state index contributed by atoms with van der Waals surface area (Å²) in [5.74, 6) is -0.402. The molecule has 1 aromatic carbocycles. The van der Waals surface area contributed by atoms with Crippen molar-refractivity contribution >= 4 is 37.9 Å². The highest BCUT2D eigenvalue weighted by molar-refractivity contribution is 7.90. The van der Waals surface area contributed by atoms with E-state index in [1.165, 1.54) is 23.5 Å². The van der Waals surface area contributed by atoms with Crippen LogP contribution in [-0.4, -0.2) is 93.8 Å². The topological polar surface area (TPSA) is 113 Å². The van der Waals surface area contributed by atoms with E-state index >= 15 is 0 Å². The minimum atomic E-state index is -3.34. The number of ether oxygens (including phenoxy) is 2. The summed E-state index contributed by atoms with van der Waals surface area (Å²) in [5, 5.41) is 9.69. The SMILES string of the molecule is CS(=O)(=O)c1ccc(C(=NN2CCOCC2)C(=O)Nc2ncc(CN3CCOCC3)s2)cc1. The van der Waals surface area contributed by atoms with E-state index < -0.39 is 15.7 Å². The number of sulfone groups is 1. The van der Waals surface area contributed by atoms with Crippen LogP contribution < -0.4 is 5.32 Å². The Bertz CT molecular complexity index is 1090. The largest absolute Gasteiger partial charge is 0.379 e. The standard InChI is InChI=1S/C21H27N5O5S2/c1-33(28,29)18-4-2-16(3-5-18)19(24-26-8-12-31-13-9-26)20(27)23-21-22-14-17(32-21)15-25-6-10-30-11-7-25/h2-5,14H,6-13,15H2,1H3,(H,22,23,27). The summed E-state index contributed by atoms with van der Waals surface area (Å²) in [6, 6.07) is 6.16. The smallest absolute Gasteiger partial charge is 0.278 e. The van der Waals surface area contributed by atoms with Gasteiger partial charge in [0.2, 0.25) is 0 Å². The fourth-order valence-electron chi connectivity index (χ4n) is 3.46. The average Bonchev–Trinajstić information content (AvgIpc) is 3.25. The highest BCUT2D eigenvalue weighted by Crippen LogP contribution is 2.21. The third-order valence-electron chi connectivity index (χ3n) is 5.26. The lowest BCUT2D eigenvalue weighted by atomic mass is 10.1. The first-order valence-electron chi connectivity index (χ1n) is 10.7. The molecule has 10 nitrogen and oxygen atoms in total. The molecule has 2 aliphatic heterocycles. The molecule has 2 aliphatic rings. The predicted molar refractivity (Wildman–Crippen MR) is 125 cm³/mol. The van der Waals surface area contributed by atoms with Crippen molar-refractivity contribution in [3.05, 3.63) is 40.9 Å². The Balaban J connectivity index is 1.51. The third kappa shape index (κ3) is 6.58. The van der Waals surface area contributed by atoms with Crippen LogP contribution in [0.1, 0.15) is 10.4 Å². The quantitative estimate of drug-likeness (QED) is 0.570. The van der Waals surface area contributed by atoms with Gasteiger partial charge in [-0.3, -0.25) is 20.0 Å². The Morgan fingerprint density at radius 2 is 1.73 bits per heavy atom. The molecular weight excluding hydrogens is 466 g/mol. The lowest BCUT2D eigenvalue weighted by Crippen LogP contribution is -2.35. The van der Waals surface area contributed by atoms with Gasteiger partial charge in [-0.1, -0.05) is 12.1 Å². The number of rotatable bonds is 7. The molecule has 12 heteroatoms. The first-order chi connectivity index (χ1) is 15.9. The Kier molecular flexibility index (Phi) is 7.71. The monoisotopic (exact) mass is 493 g/mol. The summed E-state index contributed by atoms with van der Waals surface area (Å²) < 4.78 is 34.4. The summed E-state index contributed by atoms with van der Waals surface area (Å²) >= 11 is 1.43. The number of nitrogens with zero attached hydrogens (tertiary/aromatic N) is 4. The number of nitrogens with one attached hydrogen (secondary N) is 1. The van der Waals surface area contributed by atoms with Gasteiger partial charge in [-0.2, -0.15) is 5.10 Å². The molecule has 178 valence electrons. The molecule has 0 aliphatic carbocycles. The summed E-state index contributed by atoms with van der Waals surface area (Å²) in [6.07, 6.45) is 2.92. The van der Waals surface area contributed by atoms with E-state index in [1.807, 2.05) is 0 Å². The van der Waals surface area contributed by atoms with Crippen molar-refractivity contribution in [3.8, 4) is 0 Å². The zero-order valence-electron chi connectivity index (χ0n) is 18.4. The molecule has 0 spiro atoms. The van der Waals surface area contributed by atoms with Crippen LogP contribution in [0.3, 0.4) is 0 Å². The maximum absolute atomic E-state index is 13.2. The molecule has 0 unspecified atom stereocenters. The van der Waals surface area contributed by atoms with Crippen LogP contribution in [0.5, 0.6) is 0 Å². The highest BCUT2D eigenvalue weighted by Gasteiger charge is 2.20. The maximum Gasteiger partial charge on any atom is 0.278 e. The molecule has 3 heterocycles. The van der Waals surface area contributed by atoms with E-state index in [0.29, 0.717) is 37.0 Å². The van der Waals surface area contributed by atoms with Crippen molar-refractivity contribution in [3.63, 3.8) is 0 Å². The number of hydrogen-bond donors (Lipinski definition) is 1. The Morgan fingerprint density at radius 1 is 1.09 bits per heavy atom. The molecule has 0 radical (unpaired) electrons. The van der Waals surface area contributed by atoms with Crippen LogP contribution in [0.25, 0.3) is 0 Å². The number of aromatic nitrogens is 1. The summed E-state index contributed by atoms with van der Waals surface area (Å²) in [7, 11) is -3.34. The summed E-state index contributed by atoms with van der Waals surface area (Å²) in [6.45, 7) is 6.16. The van der Waals surface area contributed by atoms with Crippen LogP contribution in [-0.2, 0) is 30.7 Å². The zero-order chi connectivity index (χ0) is 23.3. The lowest BCUT2D eigenvalue weighted by molar-refractivity contribution is -0.110. The highest BCUT2D eigenvalue weighted by atomic mass is 32.2. The van der Waals surface area contributed by atoms with Crippen molar-refractivity contribution in [1.82, 2.24) is 14.9 Å². The molecule has 0 bridgehead atoms.